The Bertz CT molecular complexity index is 148. The monoisotopic (exact) mass is 156 g/mol. The number of hydrogen-bond donors (Lipinski definition) is 1. The average Bonchev–Trinajstić information content (AvgIpc) is 1.85. The van der Waals surface area contributed by atoms with Gasteiger partial charge in [-0.3, -0.25) is 4.79 Å². The van der Waals surface area contributed by atoms with Gasteiger partial charge in [-0.2, -0.15) is 0 Å². The molecule has 1 rings (SSSR count). The number of nitrogens with zero attached hydrogens (tertiary/aromatic N) is 1. The van der Waals surface area contributed by atoms with Crippen LogP contribution in [0.25, 0.3) is 0 Å². The molecule has 0 saturated carbocycles. The van der Waals surface area contributed by atoms with E-state index < -0.39 is 0 Å². The third-order valence-corrected chi connectivity index (χ3v) is 2.00. The molecule has 0 aromatic carbocycles. The van der Waals surface area contributed by atoms with E-state index in [4.69, 9.17) is 0 Å². The van der Waals surface area contributed by atoms with Crippen LogP contribution >= 0.6 is 0 Å². The van der Waals surface area contributed by atoms with Crippen LogP contribution in [0.4, 0.5) is 0 Å². The van der Waals surface area contributed by atoms with Crippen molar-refractivity contribution in [3.8, 4) is 0 Å². The summed E-state index contributed by atoms with van der Waals surface area (Å²) in [5.41, 5.74) is 0. The van der Waals surface area contributed by atoms with E-state index in [0.717, 1.165) is 13.1 Å². The summed E-state index contributed by atoms with van der Waals surface area (Å²) in [4.78, 5) is 12.9. The molecule has 1 N–H and O–H groups in total. The lowest BCUT2D eigenvalue weighted by Gasteiger charge is -2.35. The minimum Gasteiger partial charge on any atom is -0.340 e. The number of amides is 1. The van der Waals surface area contributed by atoms with Crippen molar-refractivity contribution in [3.63, 3.8) is 0 Å². The van der Waals surface area contributed by atoms with Gasteiger partial charge >= 0.3 is 0 Å². The third kappa shape index (κ3) is 2.19. The molecule has 1 aliphatic heterocycles. The van der Waals surface area contributed by atoms with E-state index in [2.05, 4.69) is 19.2 Å². The maximum atomic E-state index is 11.0. The lowest BCUT2D eigenvalue weighted by atomic mass is 10.1. The van der Waals surface area contributed by atoms with Crippen molar-refractivity contribution in [3.05, 3.63) is 0 Å². The molecule has 3 nitrogen and oxygen atoms in total. The van der Waals surface area contributed by atoms with Crippen LogP contribution < -0.4 is 5.32 Å². The van der Waals surface area contributed by atoms with E-state index in [1.807, 2.05) is 4.90 Å². The van der Waals surface area contributed by atoms with Crippen LogP contribution in [-0.4, -0.2) is 36.0 Å². The van der Waals surface area contributed by atoms with Crippen molar-refractivity contribution in [2.45, 2.75) is 32.9 Å². The third-order valence-electron chi connectivity index (χ3n) is 2.00. The fraction of sp³-hybridized carbons (Fsp3) is 0.875. The highest BCUT2D eigenvalue weighted by Crippen LogP contribution is 2.03. The first-order valence-corrected chi connectivity index (χ1v) is 4.11. The Kier molecular flexibility index (Phi) is 2.49. The Morgan fingerprint density at radius 2 is 1.82 bits per heavy atom. The molecular weight excluding hydrogens is 140 g/mol. The van der Waals surface area contributed by atoms with Crippen molar-refractivity contribution in [2.75, 3.05) is 13.1 Å². The number of carbonyl (C=O) groups excluding carboxylic acids is 1. The number of hydrogen-bond acceptors (Lipinski definition) is 2. The Morgan fingerprint density at radius 3 is 2.18 bits per heavy atom. The molecule has 0 aromatic heterocycles. The zero-order valence-corrected chi connectivity index (χ0v) is 7.42. The van der Waals surface area contributed by atoms with Gasteiger partial charge < -0.3 is 10.2 Å². The van der Waals surface area contributed by atoms with Crippen LogP contribution in [0.1, 0.15) is 20.8 Å². The zero-order valence-electron chi connectivity index (χ0n) is 7.42. The van der Waals surface area contributed by atoms with Crippen LogP contribution in [0.3, 0.4) is 0 Å². The van der Waals surface area contributed by atoms with Crippen LogP contribution in [0, 0.1) is 0 Å². The van der Waals surface area contributed by atoms with Crippen molar-refractivity contribution < 1.29 is 4.79 Å². The molecule has 2 atom stereocenters. The summed E-state index contributed by atoms with van der Waals surface area (Å²) in [6, 6.07) is 0.866. The topological polar surface area (TPSA) is 32.3 Å². The van der Waals surface area contributed by atoms with Crippen molar-refractivity contribution in [1.29, 1.82) is 0 Å². The highest BCUT2D eigenvalue weighted by atomic mass is 16.2. The standard InChI is InChI=1S/C8H16N2O/c1-6-4-10(8(3)11)5-7(2)9-6/h6-7,9H,4-5H2,1-3H3/t6-,7-/m1/s1. The molecular formula is C8H16N2O. The van der Waals surface area contributed by atoms with Crippen molar-refractivity contribution in [1.82, 2.24) is 10.2 Å². The molecule has 0 spiro atoms. The van der Waals surface area contributed by atoms with E-state index in [-0.39, 0.29) is 5.91 Å². The fourth-order valence-electron chi connectivity index (χ4n) is 1.58. The lowest BCUT2D eigenvalue weighted by molar-refractivity contribution is -0.130. The van der Waals surface area contributed by atoms with Crippen LogP contribution in [0.15, 0.2) is 0 Å². The summed E-state index contributed by atoms with van der Waals surface area (Å²) in [6.45, 7) is 7.53. The van der Waals surface area contributed by atoms with E-state index >= 15 is 0 Å². The molecule has 0 bridgehead atoms. The predicted octanol–water partition coefficient (Wildman–Crippen LogP) is 0.215. The molecule has 0 aliphatic carbocycles. The van der Waals surface area contributed by atoms with Gasteiger partial charge in [0.05, 0.1) is 0 Å². The SMILES string of the molecule is CC(=O)N1C[C@@H](C)N[C@H](C)C1. The van der Waals surface area contributed by atoms with Gasteiger partial charge in [0.25, 0.3) is 0 Å². The molecule has 3 heteroatoms. The summed E-state index contributed by atoms with van der Waals surface area (Å²) in [7, 11) is 0. The maximum Gasteiger partial charge on any atom is 0.219 e. The quantitative estimate of drug-likeness (QED) is 0.544. The van der Waals surface area contributed by atoms with Gasteiger partial charge in [0, 0.05) is 32.1 Å². The second-order valence-electron chi connectivity index (χ2n) is 3.39. The van der Waals surface area contributed by atoms with Crippen molar-refractivity contribution >= 4 is 5.91 Å². The minimum atomic E-state index is 0.185. The first-order chi connectivity index (χ1) is 5.09. The van der Waals surface area contributed by atoms with Crippen LogP contribution in [-0.2, 0) is 4.79 Å². The van der Waals surface area contributed by atoms with Gasteiger partial charge in [0.1, 0.15) is 0 Å². The van der Waals surface area contributed by atoms with Gasteiger partial charge in [-0.15, -0.1) is 0 Å². The van der Waals surface area contributed by atoms with Crippen LogP contribution in [0.5, 0.6) is 0 Å². The number of rotatable bonds is 0. The van der Waals surface area contributed by atoms with E-state index in [0.29, 0.717) is 12.1 Å². The second kappa shape index (κ2) is 3.22. The van der Waals surface area contributed by atoms with Gasteiger partial charge in [0.15, 0.2) is 0 Å². The number of nitrogens with one attached hydrogen (secondary N) is 1. The molecule has 1 saturated heterocycles. The molecule has 0 unspecified atom stereocenters. The predicted molar refractivity (Wildman–Crippen MR) is 44.3 cm³/mol. The van der Waals surface area contributed by atoms with Gasteiger partial charge in [-0.05, 0) is 13.8 Å². The first-order valence-electron chi connectivity index (χ1n) is 4.11. The smallest absolute Gasteiger partial charge is 0.219 e. The molecule has 0 radical (unpaired) electrons. The number of piperazine rings is 1. The Labute approximate surface area is 67.8 Å². The molecule has 1 fully saturated rings. The summed E-state index contributed by atoms with van der Waals surface area (Å²) in [5.74, 6) is 0.185. The largest absolute Gasteiger partial charge is 0.340 e. The van der Waals surface area contributed by atoms with E-state index in [1.165, 1.54) is 0 Å². The molecule has 0 aromatic rings. The Hall–Kier alpha value is -0.570. The molecule has 1 heterocycles. The van der Waals surface area contributed by atoms with Crippen LogP contribution in [0.2, 0.25) is 0 Å². The molecule has 11 heavy (non-hydrogen) atoms. The summed E-state index contributed by atoms with van der Waals surface area (Å²) in [5, 5.41) is 3.37. The zero-order chi connectivity index (χ0) is 8.43. The fourth-order valence-corrected chi connectivity index (χ4v) is 1.58. The highest BCUT2D eigenvalue weighted by Gasteiger charge is 2.21. The van der Waals surface area contributed by atoms with Gasteiger partial charge in [-0.25, -0.2) is 0 Å². The highest BCUT2D eigenvalue weighted by molar-refractivity contribution is 5.73. The van der Waals surface area contributed by atoms with Gasteiger partial charge in [-0.1, -0.05) is 0 Å². The number of carbonyl (C=O) groups is 1. The summed E-state index contributed by atoms with van der Waals surface area (Å²) in [6.07, 6.45) is 0. The molecule has 64 valence electrons. The lowest BCUT2D eigenvalue weighted by Crippen LogP contribution is -2.55. The van der Waals surface area contributed by atoms with E-state index in [1.54, 1.807) is 6.92 Å². The van der Waals surface area contributed by atoms with Gasteiger partial charge in [0.2, 0.25) is 5.91 Å². The molecule has 1 amide bonds. The first kappa shape index (κ1) is 8.53. The normalized spacial score (nSPS) is 32.1. The Morgan fingerprint density at radius 1 is 1.36 bits per heavy atom. The van der Waals surface area contributed by atoms with E-state index in [9.17, 15) is 4.79 Å². The Balaban J connectivity index is 2.49. The molecule has 1 aliphatic rings. The summed E-state index contributed by atoms with van der Waals surface area (Å²) < 4.78 is 0. The summed E-state index contributed by atoms with van der Waals surface area (Å²) >= 11 is 0. The maximum absolute atomic E-state index is 11.0. The second-order valence-corrected chi connectivity index (χ2v) is 3.39. The average molecular weight is 156 g/mol. The van der Waals surface area contributed by atoms with Crippen molar-refractivity contribution in [2.24, 2.45) is 0 Å². The minimum absolute atomic E-state index is 0.185.